The highest BCUT2D eigenvalue weighted by Gasteiger charge is 2.16. The van der Waals surface area contributed by atoms with Gasteiger partial charge >= 0.3 is 23.0 Å². The van der Waals surface area contributed by atoms with E-state index in [9.17, 15) is 19.2 Å². The van der Waals surface area contributed by atoms with Crippen molar-refractivity contribution in [1.29, 1.82) is 0 Å². The molecule has 1 aromatic rings. The monoisotopic (exact) mass is 293 g/mol. The molecule has 21 heavy (non-hydrogen) atoms. The molecule has 1 heterocycles. The van der Waals surface area contributed by atoms with Crippen molar-refractivity contribution in [3.8, 4) is 0 Å². The van der Waals surface area contributed by atoms with E-state index in [0.717, 1.165) is 15.4 Å². The Morgan fingerprint density at radius 2 is 1.33 bits per heavy atom. The number of aromatic nitrogens is 3. The zero-order valence-electron chi connectivity index (χ0n) is 11.4. The van der Waals surface area contributed by atoms with Crippen LogP contribution in [0.25, 0.3) is 0 Å². The fourth-order valence-electron chi connectivity index (χ4n) is 1.65. The molecule has 0 saturated heterocycles. The van der Waals surface area contributed by atoms with E-state index < -0.39 is 29.6 Å². The maximum Gasteiger partial charge on any atom is 0.337 e. The van der Waals surface area contributed by atoms with Gasteiger partial charge in [0.1, 0.15) is 6.54 Å². The van der Waals surface area contributed by atoms with Gasteiger partial charge in [0.15, 0.2) is 0 Å². The van der Waals surface area contributed by atoms with E-state index in [1.165, 1.54) is 12.2 Å². The number of carbonyl (C=O) groups excluding carboxylic acids is 1. The van der Waals surface area contributed by atoms with Crippen LogP contribution in [0.3, 0.4) is 0 Å². The van der Waals surface area contributed by atoms with Crippen LogP contribution in [0.5, 0.6) is 0 Å². The fraction of sp³-hybridized carbons (Fsp3) is 0.231. The van der Waals surface area contributed by atoms with E-state index in [0.29, 0.717) is 4.57 Å². The predicted molar refractivity (Wildman–Crippen MR) is 75.9 cm³/mol. The Morgan fingerprint density at radius 1 is 0.905 bits per heavy atom. The van der Waals surface area contributed by atoms with E-state index in [-0.39, 0.29) is 13.1 Å². The van der Waals surface area contributed by atoms with Crippen LogP contribution in [0.4, 0.5) is 0 Å². The Bertz CT molecular complexity index is 702. The van der Waals surface area contributed by atoms with Gasteiger partial charge in [-0.15, -0.1) is 13.2 Å². The lowest BCUT2D eigenvalue weighted by atomic mass is 10.5. The molecule has 0 fully saturated rings. The summed E-state index contributed by atoms with van der Waals surface area (Å²) in [6.07, 6.45) is 3.55. The average molecular weight is 293 g/mol. The Hall–Kier alpha value is -2.90. The van der Waals surface area contributed by atoms with Gasteiger partial charge in [-0.25, -0.2) is 32.9 Å². The lowest BCUT2D eigenvalue weighted by Gasteiger charge is -2.11. The van der Waals surface area contributed by atoms with Gasteiger partial charge in [-0.2, -0.15) is 0 Å². The van der Waals surface area contributed by atoms with Gasteiger partial charge in [0, 0.05) is 0 Å². The largest absolute Gasteiger partial charge is 0.434 e. The molecule has 112 valence electrons. The van der Waals surface area contributed by atoms with E-state index in [1.807, 2.05) is 0 Å². The molecule has 0 bridgehead atoms. The van der Waals surface area contributed by atoms with Crippen LogP contribution in [0.15, 0.2) is 52.5 Å². The molecule has 0 atom stereocenters. The second kappa shape index (κ2) is 7.04. The SMILES string of the molecule is C=CCn1c(=O)n(CC=C)c(=O)n(CC(=O)OC=C)c1=O. The highest BCUT2D eigenvalue weighted by molar-refractivity contribution is 5.69. The van der Waals surface area contributed by atoms with Crippen LogP contribution in [0, 0.1) is 0 Å². The molecule has 0 N–H and O–H groups in total. The maximum absolute atomic E-state index is 12.1. The minimum Gasteiger partial charge on any atom is -0.434 e. The topological polar surface area (TPSA) is 92.3 Å². The Labute approximate surface area is 119 Å². The van der Waals surface area contributed by atoms with Gasteiger partial charge in [-0.05, 0) is 0 Å². The first kappa shape index (κ1) is 16.2. The molecule has 0 saturated carbocycles. The number of esters is 1. The first-order valence-corrected chi connectivity index (χ1v) is 5.94. The van der Waals surface area contributed by atoms with Gasteiger partial charge in [0.2, 0.25) is 0 Å². The Morgan fingerprint density at radius 3 is 1.71 bits per heavy atom. The Balaban J connectivity index is 3.58. The molecule has 0 aliphatic rings. The molecule has 0 radical (unpaired) electrons. The smallest absolute Gasteiger partial charge is 0.337 e. The summed E-state index contributed by atoms with van der Waals surface area (Å²) in [7, 11) is 0. The van der Waals surface area contributed by atoms with Crippen molar-refractivity contribution >= 4 is 5.97 Å². The molecule has 0 amide bonds. The lowest BCUT2D eigenvalue weighted by Crippen LogP contribution is -2.55. The third-order valence-corrected chi connectivity index (χ3v) is 2.51. The molecule has 0 aliphatic heterocycles. The van der Waals surface area contributed by atoms with Crippen molar-refractivity contribution in [3.05, 3.63) is 69.6 Å². The van der Waals surface area contributed by atoms with Crippen molar-refractivity contribution in [2.24, 2.45) is 0 Å². The van der Waals surface area contributed by atoms with Crippen molar-refractivity contribution in [3.63, 3.8) is 0 Å². The zero-order chi connectivity index (χ0) is 16.0. The van der Waals surface area contributed by atoms with Gasteiger partial charge in [0.05, 0.1) is 19.4 Å². The standard InChI is InChI=1S/C13H15N3O5/c1-4-7-14-11(18)15(8-5-2)13(20)16(12(14)19)9-10(17)21-6-3/h4-6H,1-3,7-9H2. The number of hydrogen-bond acceptors (Lipinski definition) is 5. The number of ether oxygens (including phenoxy) is 1. The Kier molecular flexibility index (Phi) is 5.41. The summed E-state index contributed by atoms with van der Waals surface area (Å²) in [6.45, 7) is 9.26. The van der Waals surface area contributed by atoms with Gasteiger partial charge in [-0.3, -0.25) is 0 Å². The summed E-state index contributed by atoms with van der Waals surface area (Å²) < 4.78 is 6.67. The maximum atomic E-state index is 12.1. The quantitative estimate of drug-likeness (QED) is 0.374. The predicted octanol–water partition coefficient (Wildman–Crippen LogP) is -0.770. The second-order valence-corrected chi connectivity index (χ2v) is 3.89. The van der Waals surface area contributed by atoms with E-state index in [1.54, 1.807) is 0 Å². The minimum absolute atomic E-state index is 0.0917. The first-order valence-electron chi connectivity index (χ1n) is 5.94. The number of nitrogens with zero attached hydrogens (tertiary/aromatic N) is 3. The molecular weight excluding hydrogens is 278 g/mol. The number of hydrogen-bond donors (Lipinski definition) is 0. The summed E-state index contributed by atoms with van der Waals surface area (Å²) in [4.78, 5) is 47.7. The summed E-state index contributed by atoms with van der Waals surface area (Å²) in [6, 6.07) is 0. The summed E-state index contributed by atoms with van der Waals surface area (Å²) >= 11 is 0. The van der Waals surface area contributed by atoms with Gasteiger partial charge < -0.3 is 4.74 Å². The van der Waals surface area contributed by atoms with Gasteiger partial charge in [0.25, 0.3) is 0 Å². The summed E-state index contributed by atoms with van der Waals surface area (Å²) in [5, 5.41) is 0. The third-order valence-electron chi connectivity index (χ3n) is 2.51. The lowest BCUT2D eigenvalue weighted by molar-refractivity contribution is -0.138. The van der Waals surface area contributed by atoms with Crippen molar-refractivity contribution < 1.29 is 9.53 Å². The molecule has 8 heteroatoms. The second-order valence-electron chi connectivity index (χ2n) is 3.89. The molecular formula is C13H15N3O5. The molecule has 0 aromatic carbocycles. The molecule has 0 spiro atoms. The van der Waals surface area contributed by atoms with Gasteiger partial charge in [-0.1, -0.05) is 18.7 Å². The number of carbonyl (C=O) groups is 1. The van der Waals surface area contributed by atoms with Crippen molar-refractivity contribution in [1.82, 2.24) is 13.7 Å². The molecule has 8 nitrogen and oxygen atoms in total. The molecule has 1 aromatic heterocycles. The van der Waals surface area contributed by atoms with E-state index >= 15 is 0 Å². The fourth-order valence-corrected chi connectivity index (χ4v) is 1.65. The molecule has 0 aliphatic carbocycles. The highest BCUT2D eigenvalue weighted by atomic mass is 16.5. The normalized spacial score (nSPS) is 9.90. The van der Waals surface area contributed by atoms with Crippen LogP contribution in [-0.4, -0.2) is 19.7 Å². The summed E-state index contributed by atoms with van der Waals surface area (Å²) in [5.74, 6) is -0.849. The van der Waals surface area contributed by atoms with Crippen molar-refractivity contribution in [2.45, 2.75) is 19.6 Å². The average Bonchev–Trinajstić information content (AvgIpc) is 2.45. The summed E-state index contributed by atoms with van der Waals surface area (Å²) in [5.41, 5.74) is -2.62. The van der Waals surface area contributed by atoms with Crippen LogP contribution in [-0.2, 0) is 29.2 Å². The molecule has 1 rings (SSSR count). The van der Waals surface area contributed by atoms with E-state index in [2.05, 4.69) is 24.5 Å². The third kappa shape index (κ3) is 3.35. The van der Waals surface area contributed by atoms with Crippen LogP contribution in [0.2, 0.25) is 0 Å². The van der Waals surface area contributed by atoms with E-state index in [4.69, 9.17) is 0 Å². The van der Waals surface area contributed by atoms with Crippen molar-refractivity contribution in [2.75, 3.05) is 0 Å². The van der Waals surface area contributed by atoms with Crippen LogP contribution >= 0.6 is 0 Å². The zero-order valence-corrected chi connectivity index (χ0v) is 11.4. The first-order chi connectivity index (χ1) is 9.97. The molecule has 0 unspecified atom stereocenters. The van der Waals surface area contributed by atoms with Crippen LogP contribution in [0.1, 0.15) is 0 Å². The highest BCUT2D eigenvalue weighted by Crippen LogP contribution is 1.83. The van der Waals surface area contributed by atoms with Crippen LogP contribution < -0.4 is 17.1 Å². The minimum atomic E-state index is -0.911. The number of rotatable bonds is 7. The number of allylic oxidation sites excluding steroid dienone is 2.